The van der Waals surface area contributed by atoms with Crippen LogP contribution >= 0.6 is 0 Å². The number of nitrogens with zero attached hydrogens (tertiary/aromatic N) is 1. The number of anilines is 3. The molecule has 6 heteroatoms. The lowest BCUT2D eigenvalue weighted by Gasteiger charge is -2.19. The minimum absolute atomic E-state index is 0.505. The number of rotatable bonds is 5. The highest BCUT2D eigenvalue weighted by Crippen LogP contribution is 2.26. The molecule has 2 aromatic carbocycles. The van der Waals surface area contributed by atoms with Crippen molar-refractivity contribution < 1.29 is 14.3 Å². The van der Waals surface area contributed by atoms with Crippen LogP contribution in [0.4, 0.5) is 22.0 Å². The molecule has 3 rings (SSSR count). The van der Waals surface area contributed by atoms with Gasteiger partial charge in [-0.1, -0.05) is 12.1 Å². The first kappa shape index (κ1) is 19.2. The fourth-order valence-corrected chi connectivity index (χ4v) is 2.39. The van der Waals surface area contributed by atoms with Gasteiger partial charge in [0.1, 0.15) is 22.9 Å². The summed E-state index contributed by atoms with van der Waals surface area (Å²) in [5, 5.41) is 5.92. The fourth-order valence-electron chi connectivity index (χ4n) is 2.39. The van der Waals surface area contributed by atoms with Crippen molar-refractivity contribution in [2.24, 2.45) is 0 Å². The van der Waals surface area contributed by atoms with Crippen LogP contribution in [0.2, 0.25) is 0 Å². The molecule has 0 atom stereocenters. The SMILES string of the molecule is CC(C)(C)OC(=O)Nc1cccc(Oc2ccc(Nc3ccccn3)cc2)c1. The molecule has 0 saturated carbocycles. The first-order chi connectivity index (χ1) is 13.4. The Balaban J connectivity index is 1.61. The van der Waals surface area contributed by atoms with Crippen LogP contribution in [0.3, 0.4) is 0 Å². The predicted octanol–water partition coefficient (Wildman–Crippen LogP) is 5.96. The van der Waals surface area contributed by atoms with Crippen molar-refractivity contribution in [3.63, 3.8) is 0 Å². The van der Waals surface area contributed by atoms with Gasteiger partial charge in [-0.15, -0.1) is 0 Å². The van der Waals surface area contributed by atoms with E-state index >= 15 is 0 Å². The first-order valence-electron chi connectivity index (χ1n) is 8.93. The van der Waals surface area contributed by atoms with E-state index in [0.717, 1.165) is 11.5 Å². The van der Waals surface area contributed by atoms with Gasteiger partial charge in [0.2, 0.25) is 0 Å². The summed E-state index contributed by atoms with van der Waals surface area (Å²) >= 11 is 0. The van der Waals surface area contributed by atoms with Gasteiger partial charge in [0.15, 0.2) is 0 Å². The highest BCUT2D eigenvalue weighted by Gasteiger charge is 2.16. The van der Waals surface area contributed by atoms with Gasteiger partial charge in [-0.05, 0) is 69.3 Å². The van der Waals surface area contributed by atoms with Crippen molar-refractivity contribution in [1.82, 2.24) is 4.98 Å². The molecule has 0 unspecified atom stereocenters. The molecular weight excluding hydrogens is 354 g/mol. The number of pyridine rings is 1. The highest BCUT2D eigenvalue weighted by molar-refractivity contribution is 5.85. The van der Waals surface area contributed by atoms with Crippen LogP contribution in [-0.2, 0) is 4.74 Å². The Morgan fingerprint density at radius 3 is 2.36 bits per heavy atom. The Bertz CT molecular complexity index is 920. The van der Waals surface area contributed by atoms with Crippen LogP contribution in [-0.4, -0.2) is 16.7 Å². The summed E-state index contributed by atoms with van der Waals surface area (Å²) in [6, 6.07) is 20.4. The van der Waals surface area contributed by atoms with E-state index in [1.807, 2.05) is 69.3 Å². The van der Waals surface area contributed by atoms with Crippen LogP contribution in [0.25, 0.3) is 0 Å². The number of benzene rings is 2. The number of ether oxygens (including phenoxy) is 2. The smallest absolute Gasteiger partial charge is 0.412 e. The minimum Gasteiger partial charge on any atom is -0.457 e. The molecule has 0 saturated heterocycles. The molecule has 1 aromatic heterocycles. The Labute approximate surface area is 164 Å². The van der Waals surface area contributed by atoms with Crippen molar-refractivity contribution in [2.45, 2.75) is 26.4 Å². The van der Waals surface area contributed by atoms with E-state index in [2.05, 4.69) is 15.6 Å². The largest absolute Gasteiger partial charge is 0.457 e. The fraction of sp³-hybridized carbons (Fsp3) is 0.182. The van der Waals surface area contributed by atoms with E-state index in [1.165, 1.54) is 0 Å². The van der Waals surface area contributed by atoms with Crippen LogP contribution in [0.15, 0.2) is 72.9 Å². The third-order valence-electron chi connectivity index (χ3n) is 3.51. The quantitative estimate of drug-likeness (QED) is 0.573. The zero-order valence-electron chi connectivity index (χ0n) is 16.1. The molecule has 0 fully saturated rings. The molecule has 28 heavy (non-hydrogen) atoms. The molecule has 0 aliphatic rings. The van der Waals surface area contributed by atoms with E-state index in [-0.39, 0.29) is 0 Å². The second-order valence-electron chi connectivity index (χ2n) is 7.12. The van der Waals surface area contributed by atoms with Gasteiger partial charge in [-0.3, -0.25) is 5.32 Å². The normalized spacial score (nSPS) is 10.8. The van der Waals surface area contributed by atoms with Crippen molar-refractivity contribution in [3.05, 3.63) is 72.9 Å². The van der Waals surface area contributed by atoms with Gasteiger partial charge >= 0.3 is 6.09 Å². The van der Waals surface area contributed by atoms with E-state index < -0.39 is 11.7 Å². The lowest BCUT2D eigenvalue weighted by atomic mass is 10.2. The lowest BCUT2D eigenvalue weighted by Crippen LogP contribution is -2.27. The summed E-state index contributed by atoms with van der Waals surface area (Å²) < 4.78 is 11.1. The zero-order chi connectivity index (χ0) is 20.0. The second-order valence-corrected chi connectivity index (χ2v) is 7.12. The van der Waals surface area contributed by atoms with Gasteiger partial charge < -0.3 is 14.8 Å². The van der Waals surface area contributed by atoms with Crippen LogP contribution in [0.1, 0.15) is 20.8 Å². The standard InChI is InChI=1S/C22H23N3O3/c1-22(2,3)28-21(26)25-17-7-6-8-19(15-17)27-18-12-10-16(11-13-18)24-20-9-4-5-14-23-20/h4-15H,1-3H3,(H,23,24)(H,25,26). The monoisotopic (exact) mass is 377 g/mol. The van der Waals surface area contributed by atoms with Crippen molar-refractivity contribution >= 4 is 23.3 Å². The Hall–Kier alpha value is -3.54. The van der Waals surface area contributed by atoms with E-state index in [9.17, 15) is 4.79 Å². The van der Waals surface area contributed by atoms with E-state index in [1.54, 1.807) is 24.4 Å². The average Bonchev–Trinajstić information content (AvgIpc) is 2.63. The molecular formula is C22H23N3O3. The maximum absolute atomic E-state index is 11.9. The lowest BCUT2D eigenvalue weighted by molar-refractivity contribution is 0.0636. The van der Waals surface area contributed by atoms with E-state index in [0.29, 0.717) is 17.2 Å². The molecule has 0 aliphatic heterocycles. The number of nitrogens with one attached hydrogen (secondary N) is 2. The maximum Gasteiger partial charge on any atom is 0.412 e. The van der Waals surface area contributed by atoms with Crippen molar-refractivity contribution in [2.75, 3.05) is 10.6 Å². The molecule has 1 heterocycles. The molecule has 0 aliphatic carbocycles. The molecule has 0 spiro atoms. The summed E-state index contributed by atoms with van der Waals surface area (Å²) in [5.41, 5.74) is 0.954. The number of hydrogen-bond donors (Lipinski definition) is 2. The highest BCUT2D eigenvalue weighted by atomic mass is 16.6. The molecule has 0 radical (unpaired) electrons. The third-order valence-corrected chi connectivity index (χ3v) is 3.51. The summed E-state index contributed by atoms with van der Waals surface area (Å²) in [5.74, 6) is 2.07. The number of carbonyl (C=O) groups is 1. The number of amides is 1. The number of carbonyl (C=O) groups excluding carboxylic acids is 1. The zero-order valence-corrected chi connectivity index (χ0v) is 16.1. The van der Waals surface area contributed by atoms with Gasteiger partial charge in [-0.2, -0.15) is 0 Å². The first-order valence-corrected chi connectivity index (χ1v) is 8.93. The van der Waals surface area contributed by atoms with Crippen LogP contribution in [0, 0.1) is 0 Å². The molecule has 6 nitrogen and oxygen atoms in total. The van der Waals surface area contributed by atoms with Gasteiger partial charge in [-0.25, -0.2) is 9.78 Å². The van der Waals surface area contributed by atoms with Crippen molar-refractivity contribution in [3.8, 4) is 11.5 Å². The summed E-state index contributed by atoms with van der Waals surface area (Å²) in [4.78, 5) is 16.1. The topological polar surface area (TPSA) is 72.5 Å². The molecule has 2 N–H and O–H groups in total. The van der Waals surface area contributed by atoms with Gasteiger partial charge in [0.25, 0.3) is 0 Å². The van der Waals surface area contributed by atoms with E-state index in [4.69, 9.17) is 9.47 Å². The third kappa shape index (κ3) is 6.02. The average molecular weight is 377 g/mol. The second kappa shape index (κ2) is 8.43. The van der Waals surface area contributed by atoms with Crippen molar-refractivity contribution in [1.29, 1.82) is 0 Å². The molecule has 0 bridgehead atoms. The Morgan fingerprint density at radius 2 is 1.68 bits per heavy atom. The minimum atomic E-state index is -0.552. The van der Waals surface area contributed by atoms with Crippen LogP contribution in [0.5, 0.6) is 11.5 Å². The summed E-state index contributed by atoms with van der Waals surface area (Å²) in [6.07, 6.45) is 1.23. The summed E-state index contributed by atoms with van der Waals surface area (Å²) in [6.45, 7) is 5.45. The molecule has 3 aromatic rings. The Kier molecular flexibility index (Phi) is 5.79. The maximum atomic E-state index is 11.9. The van der Waals surface area contributed by atoms with Gasteiger partial charge in [0, 0.05) is 23.6 Å². The number of aromatic nitrogens is 1. The number of hydrogen-bond acceptors (Lipinski definition) is 5. The predicted molar refractivity (Wildman–Crippen MR) is 110 cm³/mol. The Morgan fingerprint density at radius 1 is 0.893 bits per heavy atom. The van der Waals surface area contributed by atoms with Gasteiger partial charge in [0.05, 0.1) is 0 Å². The van der Waals surface area contributed by atoms with Crippen LogP contribution < -0.4 is 15.4 Å². The molecule has 1 amide bonds. The summed E-state index contributed by atoms with van der Waals surface area (Å²) in [7, 11) is 0. The molecule has 144 valence electrons.